The molecule has 1 amide bonds. The number of nitrogens with zero attached hydrogens (tertiary/aromatic N) is 2. The van der Waals surface area contributed by atoms with Crippen LogP contribution < -0.4 is 10.6 Å². The summed E-state index contributed by atoms with van der Waals surface area (Å²) < 4.78 is 0. The molecule has 5 heteroatoms. The van der Waals surface area contributed by atoms with Crippen molar-refractivity contribution in [2.45, 2.75) is 6.92 Å². The maximum Gasteiger partial charge on any atom is 0.222 e. The molecule has 0 fully saturated rings. The SMILES string of the molecule is CNc1ncc(C=CCNC(C)=O)cn1. The molecule has 0 spiro atoms. The van der Waals surface area contributed by atoms with Crippen LogP contribution in [0.4, 0.5) is 5.95 Å². The van der Waals surface area contributed by atoms with Gasteiger partial charge in [0.25, 0.3) is 0 Å². The summed E-state index contributed by atoms with van der Waals surface area (Å²) in [5, 5.41) is 5.49. The lowest BCUT2D eigenvalue weighted by Gasteiger charge is -1.97. The second-order valence-corrected chi connectivity index (χ2v) is 2.93. The monoisotopic (exact) mass is 206 g/mol. The number of hydrogen-bond donors (Lipinski definition) is 2. The van der Waals surface area contributed by atoms with Crippen LogP contribution in [0.15, 0.2) is 18.5 Å². The Morgan fingerprint density at radius 3 is 2.67 bits per heavy atom. The van der Waals surface area contributed by atoms with Gasteiger partial charge >= 0.3 is 0 Å². The van der Waals surface area contributed by atoms with E-state index < -0.39 is 0 Å². The van der Waals surface area contributed by atoms with E-state index in [4.69, 9.17) is 0 Å². The standard InChI is InChI=1S/C10H14N4O/c1-8(15)12-5-3-4-9-6-13-10(11-2)14-7-9/h3-4,6-7H,5H2,1-2H3,(H,12,15)(H,11,13,14). The first kappa shape index (κ1) is 11.2. The van der Waals surface area contributed by atoms with Gasteiger partial charge in [0.15, 0.2) is 0 Å². The Morgan fingerprint density at radius 1 is 1.47 bits per heavy atom. The minimum Gasteiger partial charge on any atom is -0.357 e. The molecular formula is C10H14N4O. The van der Waals surface area contributed by atoms with E-state index in [0.29, 0.717) is 12.5 Å². The van der Waals surface area contributed by atoms with Gasteiger partial charge in [0.1, 0.15) is 0 Å². The van der Waals surface area contributed by atoms with Crippen molar-refractivity contribution in [1.82, 2.24) is 15.3 Å². The molecule has 0 aliphatic rings. The normalized spacial score (nSPS) is 10.3. The van der Waals surface area contributed by atoms with Gasteiger partial charge in [-0.1, -0.05) is 12.2 Å². The van der Waals surface area contributed by atoms with Crippen LogP contribution in [-0.4, -0.2) is 29.5 Å². The van der Waals surface area contributed by atoms with E-state index >= 15 is 0 Å². The van der Waals surface area contributed by atoms with Crippen LogP contribution in [0.1, 0.15) is 12.5 Å². The molecule has 15 heavy (non-hydrogen) atoms. The lowest BCUT2D eigenvalue weighted by atomic mass is 10.3. The van der Waals surface area contributed by atoms with Gasteiger partial charge in [-0.2, -0.15) is 0 Å². The third-order valence-electron chi connectivity index (χ3n) is 1.67. The smallest absolute Gasteiger partial charge is 0.222 e. The predicted molar refractivity (Wildman–Crippen MR) is 59.3 cm³/mol. The fourth-order valence-electron chi connectivity index (χ4n) is 0.951. The summed E-state index contributed by atoms with van der Waals surface area (Å²) in [6, 6.07) is 0. The minimum atomic E-state index is -0.0403. The number of carbonyl (C=O) groups excluding carboxylic acids is 1. The highest BCUT2D eigenvalue weighted by Crippen LogP contribution is 2.00. The van der Waals surface area contributed by atoms with Crippen molar-refractivity contribution >= 4 is 17.9 Å². The second kappa shape index (κ2) is 5.74. The summed E-state index contributed by atoms with van der Waals surface area (Å²) >= 11 is 0. The van der Waals surface area contributed by atoms with Crippen LogP contribution in [0.3, 0.4) is 0 Å². The van der Waals surface area contributed by atoms with Gasteiger partial charge in [-0.3, -0.25) is 4.79 Å². The van der Waals surface area contributed by atoms with Crippen molar-refractivity contribution in [2.75, 3.05) is 18.9 Å². The summed E-state index contributed by atoms with van der Waals surface area (Å²) in [6.45, 7) is 2.00. The van der Waals surface area contributed by atoms with Gasteiger partial charge in [-0.15, -0.1) is 0 Å². The fraction of sp³-hybridized carbons (Fsp3) is 0.300. The Bertz CT molecular complexity index is 345. The Morgan fingerprint density at radius 2 is 2.13 bits per heavy atom. The van der Waals surface area contributed by atoms with Gasteiger partial charge in [-0.05, 0) is 0 Å². The van der Waals surface area contributed by atoms with Crippen molar-refractivity contribution in [3.63, 3.8) is 0 Å². The maximum absolute atomic E-state index is 10.6. The van der Waals surface area contributed by atoms with E-state index in [0.717, 1.165) is 5.56 Å². The largest absolute Gasteiger partial charge is 0.357 e. The van der Waals surface area contributed by atoms with Crippen molar-refractivity contribution in [3.8, 4) is 0 Å². The molecule has 1 rings (SSSR count). The lowest BCUT2D eigenvalue weighted by Crippen LogP contribution is -2.19. The van der Waals surface area contributed by atoms with Crippen LogP contribution in [0.5, 0.6) is 0 Å². The predicted octanol–water partition coefficient (Wildman–Crippen LogP) is 0.668. The van der Waals surface area contributed by atoms with Gasteiger partial charge in [0.05, 0.1) is 0 Å². The van der Waals surface area contributed by atoms with Crippen molar-refractivity contribution in [1.29, 1.82) is 0 Å². The number of anilines is 1. The number of nitrogens with one attached hydrogen (secondary N) is 2. The molecule has 1 aromatic heterocycles. The molecule has 0 bridgehead atoms. The second-order valence-electron chi connectivity index (χ2n) is 2.93. The average molecular weight is 206 g/mol. The molecule has 1 aromatic rings. The molecule has 0 aromatic carbocycles. The lowest BCUT2D eigenvalue weighted by molar-refractivity contribution is -0.118. The Hall–Kier alpha value is -1.91. The van der Waals surface area contributed by atoms with Gasteiger partial charge in [0, 0.05) is 38.5 Å². The first-order valence-corrected chi connectivity index (χ1v) is 4.63. The summed E-state index contributed by atoms with van der Waals surface area (Å²) in [7, 11) is 1.77. The van der Waals surface area contributed by atoms with Crippen molar-refractivity contribution in [3.05, 3.63) is 24.0 Å². The first-order chi connectivity index (χ1) is 7.22. The quantitative estimate of drug-likeness (QED) is 0.759. The number of amides is 1. The zero-order chi connectivity index (χ0) is 11.1. The minimum absolute atomic E-state index is 0.0403. The van der Waals surface area contributed by atoms with E-state index in [-0.39, 0.29) is 5.91 Å². The molecule has 80 valence electrons. The topological polar surface area (TPSA) is 66.9 Å². The third-order valence-corrected chi connectivity index (χ3v) is 1.67. The van der Waals surface area contributed by atoms with E-state index in [1.54, 1.807) is 19.4 Å². The molecule has 2 N–H and O–H groups in total. The van der Waals surface area contributed by atoms with Gasteiger partial charge in [-0.25, -0.2) is 9.97 Å². The van der Waals surface area contributed by atoms with Crippen LogP contribution in [0, 0.1) is 0 Å². The number of carbonyl (C=O) groups is 1. The molecule has 0 saturated heterocycles. The zero-order valence-electron chi connectivity index (χ0n) is 8.82. The highest BCUT2D eigenvalue weighted by molar-refractivity contribution is 5.73. The van der Waals surface area contributed by atoms with Gasteiger partial charge in [0.2, 0.25) is 11.9 Å². The fourth-order valence-corrected chi connectivity index (χ4v) is 0.951. The number of hydrogen-bond acceptors (Lipinski definition) is 4. The first-order valence-electron chi connectivity index (χ1n) is 4.63. The molecule has 0 atom stereocenters. The number of aromatic nitrogens is 2. The molecule has 1 heterocycles. The van der Waals surface area contributed by atoms with Crippen LogP contribution in [0.2, 0.25) is 0 Å². The Kier molecular flexibility index (Phi) is 4.28. The maximum atomic E-state index is 10.6. The summed E-state index contributed by atoms with van der Waals surface area (Å²) in [5.41, 5.74) is 0.902. The van der Waals surface area contributed by atoms with Crippen LogP contribution >= 0.6 is 0 Å². The molecule has 0 aliphatic heterocycles. The van der Waals surface area contributed by atoms with E-state index in [9.17, 15) is 4.79 Å². The molecule has 0 radical (unpaired) electrons. The van der Waals surface area contributed by atoms with E-state index in [2.05, 4.69) is 20.6 Å². The van der Waals surface area contributed by atoms with Crippen LogP contribution in [0.25, 0.3) is 6.08 Å². The summed E-state index contributed by atoms with van der Waals surface area (Å²) in [6.07, 6.45) is 7.13. The summed E-state index contributed by atoms with van der Waals surface area (Å²) in [4.78, 5) is 18.7. The molecule has 0 saturated carbocycles. The highest BCUT2D eigenvalue weighted by atomic mass is 16.1. The third kappa shape index (κ3) is 4.21. The van der Waals surface area contributed by atoms with E-state index in [1.807, 2.05) is 12.2 Å². The molecule has 5 nitrogen and oxygen atoms in total. The van der Waals surface area contributed by atoms with Gasteiger partial charge < -0.3 is 10.6 Å². The highest BCUT2D eigenvalue weighted by Gasteiger charge is 1.91. The Balaban J connectivity index is 2.46. The zero-order valence-corrected chi connectivity index (χ0v) is 8.82. The molecular weight excluding hydrogens is 192 g/mol. The Labute approximate surface area is 88.6 Å². The van der Waals surface area contributed by atoms with Crippen molar-refractivity contribution in [2.24, 2.45) is 0 Å². The summed E-state index contributed by atoms with van der Waals surface area (Å²) in [5.74, 6) is 0.551. The molecule has 0 unspecified atom stereocenters. The molecule has 0 aliphatic carbocycles. The van der Waals surface area contributed by atoms with Crippen molar-refractivity contribution < 1.29 is 4.79 Å². The number of rotatable bonds is 4. The van der Waals surface area contributed by atoms with Crippen LogP contribution in [-0.2, 0) is 4.79 Å². The average Bonchev–Trinajstić information content (AvgIpc) is 2.25. The van der Waals surface area contributed by atoms with E-state index in [1.165, 1.54) is 6.92 Å².